The third-order valence-corrected chi connectivity index (χ3v) is 3.31. The van der Waals surface area contributed by atoms with Crippen LogP contribution >= 0.6 is 0 Å². The van der Waals surface area contributed by atoms with E-state index in [-0.39, 0.29) is 17.1 Å². The van der Waals surface area contributed by atoms with Gasteiger partial charge in [0.2, 0.25) is 5.55 Å². The van der Waals surface area contributed by atoms with Crippen molar-refractivity contribution in [2.45, 2.75) is 6.92 Å². The molecule has 2 aromatic carbocycles. The molecule has 3 N–H and O–H groups in total. The minimum Gasteiger partial charge on any atom is -0.508 e. The second-order valence-electron chi connectivity index (χ2n) is 5.13. The zero-order chi connectivity index (χ0) is 17.1. The predicted octanol–water partition coefficient (Wildman–Crippen LogP) is 3.22. The maximum Gasteiger partial charge on any atom is 0.339 e. The van der Waals surface area contributed by atoms with Crippen molar-refractivity contribution in [1.29, 1.82) is 0 Å². The molecule has 0 saturated carbocycles. The molecule has 0 aliphatic rings. The molecule has 0 aliphatic carbocycles. The number of amides is 2. The highest BCUT2D eigenvalue weighted by atomic mass is 19.1. The van der Waals surface area contributed by atoms with Gasteiger partial charge in [0.25, 0.3) is 0 Å². The van der Waals surface area contributed by atoms with Gasteiger partial charge < -0.3 is 14.8 Å². The zero-order valence-corrected chi connectivity index (χ0v) is 12.7. The Balaban J connectivity index is 1.79. The number of urea groups is 1. The van der Waals surface area contributed by atoms with Crippen LogP contribution in [0.1, 0.15) is 5.56 Å². The normalized spacial score (nSPS) is 11.5. The SMILES string of the molecule is Cc1c/c(=N\NC(=O)Nc2ccc(F)cc2)oc2cc(O)ccc12. The average molecular weight is 327 g/mol. The molecule has 0 fully saturated rings. The minimum atomic E-state index is -0.592. The van der Waals surface area contributed by atoms with Crippen LogP contribution in [-0.4, -0.2) is 11.1 Å². The molecule has 122 valence electrons. The maximum absolute atomic E-state index is 12.8. The van der Waals surface area contributed by atoms with Crippen LogP contribution in [0.25, 0.3) is 11.0 Å². The van der Waals surface area contributed by atoms with Gasteiger partial charge >= 0.3 is 6.03 Å². The monoisotopic (exact) mass is 327 g/mol. The fourth-order valence-corrected chi connectivity index (χ4v) is 2.18. The number of carbonyl (C=O) groups is 1. The standard InChI is InChI=1S/C17H14FN3O3/c1-10-8-16(24-15-9-13(22)6-7-14(10)15)20-21-17(23)19-12-4-2-11(18)3-5-12/h2-9,22H,1H3,(H2,19,21,23)/b20-16+. The van der Waals surface area contributed by atoms with Crippen LogP contribution in [0.15, 0.2) is 58.0 Å². The Hall–Kier alpha value is -3.35. The van der Waals surface area contributed by atoms with E-state index < -0.39 is 6.03 Å². The van der Waals surface area contributed by atoms with Gasteiger partial charge in [-0.3, -0.25) is 0 Å². The van der Waals surface area contributed by atoms with Crippen molar-refractivity contribution in [1.82, 2.24) is 5.43 Å². The first kappa shape index (κ1) is 15.5. The van der Waals surface area contributed by atoms with Gasteiger partial charge in [0.05, 0.1) is 0 Å². The van der Waals surface area contributed by atoms with Crippen LogP contribution in [0.2, 0.25) is 0 Å². The molecular weight excluding hydrogens is 313 g/mol. The summed E-state index contributed by atoms with van der Waals surface area (Å²) in [5.74, 6) is -0.316. The molecule has 0 unspecified atom stereocenters. The molecule has 2 amide bonds. The van der Waals surface area contributed by atoms with Gasteiger partial charge in [-0.15, -0.1) is 5.10 Å². The topological polar surface area (TPSA) is 86.9 Å². The number of anilines is 1. The lowest BCUT2D eigenvalue weighted by Crippen LogP contribution is -2.26. The van der Waals surface area contributed by atoms with Crippen LogP contribution in [0.3, 0.4) is 0 Å². The lowest BCUT2D eigenvalue weighted by molar-refractivity contribution is 0.251. The van der Waals surface area contributed by atoms with E-state index in [9.17, 15) is 14.3 Å². The number of benzene rings is 2. The lowest BCUT2D eigenvalue weighted by Gasteiger charge is -2.04. The highest BCUT2D eigenvalue weighted by Crippen LogP contribution is 2.20. The number of phenolic OH excluding ortho intramolecular Hbond substituents is 1. The summed E-state index contributed by atoms with van der Waals surface area (Å²) in [5, 5.41) is 16.7. The van der Waals surface area contributed by atoms with Crippen molar-refractivity contribution in [3.63, 3.8) is 0 Å². The third-order valence-electron chi connectivity index (χ3n) is 3.31. The van der Waals surface area contributed by atoms with Crippen LogP contribution in [0.5, 0.6) is 5.75 Å². The summed E-state index contributed by atoms with van der Waals surface area (Å²) >= 11 is 0. The van der Waals surface area contributed by atoms with Gasteiger partial charge in [0.15, 0.2) is 0 Å². The van der Waals surface area contributed by atoms with E-state index in [4.69, 9.17) is 4.42 Å². The maximum atomic E-state index is 12.8. The van der Waals surface area contributed by atoms with E-state index >= 15 is 0 Å². The van der Waals surface area contributed by atoms with E-state index in [0.717, 1.165) is 10.9 Å². The molecule has 3 rings (SSSR count). The van der Waals surface area contributed by atoms with Gasteiger partial charge in [0, 0.05) is 23.2 Å². The average Bonchev–Trinajstić information content (AvgIpc) is 2.55. The predicted molar refractivity (Wildman–Crippen MR) is 86.7 cm³/mol. The summed E-state index contributed by atoms with van der Waals surface area (Å²) in [5.41, 5.74) is 4.24. The van der Waals surface area contributed by atoms with Crippen molar-refractivity contribution < 1.29 is 18.7 Å². The molecule has 0 aliphatic heterocycles. The fourth-order valence-electron chi connectivity index (χ4n) is 2.18. The van der Waals surface area contributed by atoms with E-state index in [1.165, 1.54) is 30.3 Å². The molecule has 24 heavy (non-hydrogen) atoms. The second kappa shape index (κ2) is 6.41. The Morgan fingerprint density at radius 1 is 1.17 bits per heavy atom. The summed E-state index contributed by atoms with van der Waals surface area (Å²) < 4.78 is 18.3. The second-order valence-corrected chi connectivity index (χ2v) is 5.13. The number of halogens is 1. The van der Waals surface area contributed by atoms with Crippen LogP contribution in [-0.2, 0) is 0 Å². The van der Waals surface area contributed by atoms with Gasteiger partial charge in [-0.05, 0) is 48.9 Å². The number of aromatic hydroxyl groups is 1. The van der Waals surface area contributed by atoms with Crippen LogP contribution < -0.4 is 16.3 Å². The number of nitrogens with one attached hydrogen (secondary N) is 2. The summed E-state index contributed by atoms with van der Waals surface area (Å²) in [6.07, 6.45) is 0. The van der Waals surface area contributed by atoms with Crippen molar-refractivity contribution in [2.24, 2.45) is 5.10 Å². The van der Waals surface area contributed by atoms with Crippen molar-refractivity contribution in [2.75, 3.05) is 5.32 Å². The lowest BCUT2D eigenvalue weighted by atomic mass is 10.1. The first-order chi connectivity index (χ1) is 11.5. The summed E-state index contributed by atoms with van der Waals surface area (Å²) in [7, 11) is 0. The Kier molecular flexibility index (Phi) is 4.15. The molecule has 3 aromatic rings. The molecule has 0 atom stereocenters. The molecule has 0 saturated heterocycles. The van der Waals surface area contributed by atoms with E-state index in [1.54, 1.807) is 18.2 Å². The molecule has 6 nitrogen and oxygen atoms in total. The number of hydrogen-bond acceptors (Lipinski definition) is 4. The smallest absolute Gasteiger partial charge is 0.339 e. The quantitative estimate of drug-likeness (QED) is 0.632. The number of hydrogen-bond donors (Lipinski definition) is 3. The number of fused-ring (bicyclic) bond motifs is 1. The summed E-state index contributed by atoms with van der Waals surface area (Å²) in [6.45, 7) is 1.87. The number of aryl methyl sites for hydroxylation is 1. The van der Waals surface area contributed by atoms with E-state index in [2.05, 4.69) is 15.8 Å². The van der Waals surface area contributed by atoms with Gasteiger partial charge in [-0.1, -0.05) is 0 Å². The Morgan fingerprint density at radius 2 is 1.92 bits per heavy atom. The van der Waals surface area contributed by atoms with Crippen LogP contribution in [0.4, 0.5) is 14.9 Å². The molecule has 1 aromatic heterocycles. The molecule has 7 heteroatoms. The Morgan fingerprint density at radius 3 is 2.67 bits per heavy atom. The van der Waals surface area contributed by atoms with Gasteiger partial charge in [0.1, 0.15) is 17.1 Å². The zero-order valence-electron chi connectivity index (χ0n) is 12.7. The number of nitrogens with zero attached hydrogens (tertiary/aromatic N) is 1. The summed E-state index contributed by atoms with van der Waals surface area (Å²) in [6, 6.07) is 11.2. The fraction of sp³-hybridized carbons (Fsp3) is 0.0588. The van der Waals surface area contributed by atoms with E-state index in [1.807, 2.05) is 6.92 Å². The largest absolute Gasteiger partial charge is 0.508 e. The molecular formula is C17H14FN3O3. The molecule has 0 spiro atoms. The highest BCUT2D eigenvalue weighted by molar-refractivity contribution is 5.88. The van der Waals surface area contributed by atoms with Gasteiger partial charge in [-0.25, -0.2) is 14.6 Å². The molecule has 1 heterocycles. The van der Waals surface area contributed by atoms with E-state index in [0.29, 0.717) is 11.3 Å². The van der Waals surface area contributed by atoms with Crippen molar-refractivity contribution in [3.8, 4) is 5.75 Å². The molecule has 0 radical (unpaired) electrons. The highest BCUT2D eigenvalue weighted by Gasteiger charge is 2.03. The Labute approximate surface area is 136 Å². The van der Waals surface area contributed by atoms with Crippen molar-refractivity contribution in [3.05, 3.63) is 65.5 Å². The molecule has 0 bridgehead atoms. The number of rotatable bonds is 2. The van der Waals surface area contributed by atoms with Crippen molar-refractivity contribution >= 4 is 22.7 Å². The number of carbonyl (C=O) groups excluding carboxylic acids is 1. The third kappa shape index (κ3) is 3.52. The Bertz CT molecular complexity index is 965. The van der Waals surface area contributed by atoms with Crippen LogP contribution in [0, 0.1) is 12.7 Å². The summed E-state index contributed by atoms with van der Waals surface area (Å²) in [4.78, 5) is 11.8. The first-order valence-corrected chi connectivity index (χ1v) is 7.11. The minimum absolute atomic E-state index is 0.0739. The number of phenols is 1. The van der Waals surface area contributed by atoms with Gasteiger partial charge in [-0.2, -0.15) is 0 Å². The first-order valence-electron chi connectivity index (χ1n) is 7.11.